The molecular weight excluding hydrogens is 115 g/mol. The highest BCUT2D eigenvalue weighted by Gasteiger charge is 2.01. The summed E-state index contributed by atoms with van der Waals surface area (Å²) in [5.41, 5.74) is 1.25. The highest BCUT2D eigenvalue weighted by molar-refractivity contribution is 5.19. The molecule has 1 rings (SSSR count). The van der Waals surface area contributed by atoms with Crippen LogP contribution in [0.3, 0.4) is 0 Å². The molecule has 0 aromatic rings. The summed E-state index contributed by atoms with van der Waals surface area (Å²) in [5.74, 6) is 2.39. The van der Waals surface area contributed by atoms with Crippen molar-refractivity contribution in [3.8, 4) is 12.1 Å². The molecule has 1 radical (unpaired) electrons. The summed E-state index contributed by atoms with van der Waals surface area (Å²) in [5, 5.41) is 0. The first-order chi connectivity index (χ1) is 4.43. The van der Waals surface area contributed by atoms with Gasteiger partial charge in [0.05, 0.1) is 0 Å². The summed E-state index contributed by atoms with van der Waals surface area (Å²) in [6, 6.07) is 0. The largest absolute Gasteiger partial charge is 0.144 e. The van der Waals surface area contributed by atoms with Gasteiger partial charge in [-0.3, -0.25) is 0 Å². The fraction of sp³-hybridized carbons (Fsp3) is 0.375. The molecule has 0 atom stereocenters. The summed E-state index contributed by atoms with van der Waals surface area (Å²) >= 11 is 0. The van der Waals surface area contributed by atoms with Crippen LogP contribution >= 0.6 is 0 Å². The first kappa shape index (κ1) is 6.35. The van der Waals surface area contributed by atoms with Crippen LogP contribution in [0.1, 0.15) is 19.3 Å². The van der Waals surface area contributed by atoms with Gasteiger partial charge in [-0.1, -0.05) is 17.6 Å². The second kappa shape index (κ2) is 3.29. The average Bonchev–Trinajstić information content (AvgIpc) is 2.34. The molecule has 0 saturated heterocycles. The second-order valence-electron chi connectivity index (χ2n) is 2.04. The zero-order chi connectivity index (χ0) is 6.53. The zero-order valence-corrected chi connectivity index (χ0v) is 5.15. The highest BCUT2D eigenvalue weighted by atomic mass is 19.1. The molecule has 0 spiro atoms. The van der Waals surface area contributed by atoms with E-state index >= 15 is 0 Å². The maximum absolute atomic E-state index is 11.2. The van der Waals surface area contributed by atoms with E-state index in [9.17, 15) is 4.39 Å². The Morgan fingerprint density at radius 1 is 1.67 bits per heavy atom. The van der Waals surface area contributed by atoms with Gasteiger partial charge in [-0.15, -0.1) is 4.39 Å². The molecule has 1 aliphatic rings. The summed E-state index contributed by atoms with van der Waals surface area (Å²) in [4.78, 5) is 0. The van der Waals surface area contributed by atoms with Gasteiger partial charge >= 0.3 is 0 Å². The van der Waals surface area contributed by atoms with Gasteiger partial charge in [-0.25, -0.2) is 0 Å². The second-order valence-corrected chi connectivity index (χ2v) is 2.04. The van der Waals surface area contributed by atoms with E-state index in [0.717, 1.165) is 12.8 Å². The minimum Gasteiger partial charge on any atom is -0.144 e. The maximum Gasteiger partial charge on any atom is 0.105 e. The number of halogens is 1. The van der Waals surface area contributed by atoms with Crippen molar-refractivity contribution in [2.45, 2.75) is 19.3 Å². The fourth-order valence-electron chi connectivity index (χ4n) is 0.893. The molecule has 0 saturated carbocycles. The minimum atomic E-state index is 0.604. The molecule has 0 aromatic carbocycles. The van der Waals surface area contributed by atoms with E-state index in [-0.39, 0.29) is 0 Å². The van der Waals surface area contributed by atoms with E-state index in [1.165, 1.54) is 11.7 Å². The summed E-state index contributed by atoms with van der Waals surface area (Å²) in [6.07, 6.45) is 8.28. The van der Waals surface area contributed by atoms with E-state index in [2.05, 4.69) is 18.4 Å². The Morgan fingerprint density at radius 2 is 2.56 bits per heavy atom. The average molecular weight is 123 g/mol. The Morgan fingerprint density at radius 3 is 3.11 bits per heavy atom. The van der Waals surface area contributed by atoms with Crippen molar-refractivity contribution >= 4 is 0 Å². The zero-order valence-electron chi connectivity index (χ0n) is 5.15. The molecule has 1 heteroatoms. The van der Waals surface area contributed by atoms with Gasteiger partial charge in [-0.05, 0) is 19.3 Å². The lowest BCUT2D eigenvalue weighted by Crippen LogP contribution is -1.72. The molecule has 0 aromatic heterocycles. The molecule has 9 heavy (non-hydrogen) atoms. The predicted molar refractivity (Wildman–Crippen MR) is 35.1 cm³/mol. The topological polar surface area (TPSA) is 0 Å². The Balaban J connectivity index is 2.32. The van der Waals surface area contributed by atoms with Gasteiger partial charge in [0.15, 0.2) is 0 Å². The van der Waals surface area contributed by atoms with Gasteiger partial charge in [0.1, 0.15) is 6.17 Å². The van der Waals surface area contributed by atoms with E-state index < -0.39 is 0 Å². The number of hydrogen-bond acceptors (Lipinski definition) is 0. The van der Waals surface area contributed by atoms with Crippen molar-refractivity contribution in [1.29, 1.82) is 0 Å². The third-order valence-corrected chi connectivity index (χ3v) is 1.36. The van der Waals surface area contributed by atoms with Crippen LogP contribution in [-0.2, 0) is 0 Å². The van der Waals surface area contributed by atoms with Crippen molar-refractivity contribution in [2.75, 3.05) is 0 Å². The molecule has 0 heterocycles. The van der Waals surface area contributed by atoms with Crippen molar-refractivity contribution in [3.63, 3.8) is 0 Å². The third-order valence-electron chi connectivity index (χ3n) is 1.36. The van der Waals surface area contributed by atoms with Gasteiger partial charge in [0.2, 0.25) is 0 Å². The van der Waals surface area contributed by atoms with Crippen LogP contribution in [0.5, 0.6) is 0 Å². The normalized spacial score (nSPS) is 16.3. The van der Waals surface area contributed by atoms with Crippen LogP contribution in [0.2, 0.25) is 0 Å². The van der Waals surface area contributed by atoms with Crippen molar-refractivity contribution in [1.82, 2.24) is 0 Å². The molecular formula is C8H8F. The van der Waals surface area contributed by atoms with E-state index in [1.807, 2.05) is 0 Å². The van der Waals surface area contributed by atoms with Crippen molar-refractivity contribution in [3.05, 3.63) is 18.1 Å². The minimum absolute atomic E-state index is 0.604. The van der Waals surface area contributed by atoms with Gasteiger partial charge in [0.25, 0.3) is 0 Å². The third kappa shape index (κ3) is 1.89. The Hall–Kier alpha value is -0.770. The highest BCUT2D eigenvalue weighted by Crippen LogP contribution is 2.18. The number of rotatable bonds is 1. The lowest BCUT2D eigenvalue weighted by molar-refractivity contribution is 0.771. The molecule has 0 nitrogen and oxygen atoms in total. The lowest BCUT2D eigenvalue weighted by atomic mass is 10.2. The van der Waals surface area contributed by atoms with E-state index in [1.54, 1.807) is 0 Å². The Labute approximate surface area is 54.8 Å². The molecule has 0 aliphatic heterocycles. The smallest absolute Gasteiger partial charge is 0.105 e. The van der Waals surface area contributed by atoms with Crippen molar-refractivity contribution in [2.24, 2.45) is 0 Å². The molecule has 0 fully saturated rings. The van der Waals surface area contributed by atoms with Crippen LogP contribution in [0.4, 0.5) is 4.39 Å². The molecule has 0 unspecified atom stereocenters. The van der Waals surface area contributed by atoms with Crippen LogP contribution in [0, 0.1) is 18.5 Å². The van der Waals surface area contributed by atoms with Gasteiger partial charge < -0.3 is 0 Å². The SMILES string of the molecule is FC#CCC1=CC[CH]C1. The number of hydrogen-bond donors (Lipinski definition) is 0. The predicted octanol–water partition coefficient (Wildman–Crippen LogP) is 2.23. The monoisotopic (exact) mass is 123 g/mol. The molecule has 0 bridgehead atoms. The van der Waals surface area contributed by atoms with Crippen LogP contribution in [0.15, 0.2) is 11.6 Å². The standard InChI is InChI=1S/C8H8F/c9-7-3-6-8-4-1-2-5-8/h1,5H,2,4,6H2. The first-order valence-electron chi connectivity index (χ1n) is 3.01. The van der Waals surface area contributed by atoms with Gasteiger partial charge in [-0.2, -0.15) is 0 Å². The quantitative estimate of drug-likeness (QED) is 0.370. The molecule has 0 amide bonds. The first-order valence-corrected chi connectivity index (χ1v) is 3.01. The van der Waals surface area contributed by atoms with Crippen LogP contribution in [-0.4, -0.2) is 0 Å². The summed E-state index contributed by atoms with van der Waals surface area (Å²) in [6.45, 7) is 0. The summed E-state index contributed by atoms with van der Waals surface area (Å²) in [7, 11) is 0. The maximum atomic E-state index is 11.2. The van der Waals surface area contributed by atoms with Crippen molar-refractivity contribution < 1.29 is 4.39 Å². The van der Waals surface area contributed by atoms with Crippen LogP contribution < -0.4 is 0 Å². The van der Waals surface area contributed by atoms with Gasteiger partial charge in [0, 0.05) is 6.42 Å². The molecule has 0 N–H and O–H groups in total. The lowest BCUT2D eigenvalue weighted by Gasteiger charge is -1.88. The Kier molecular flexibility index (Phi) is 2.32. The van der Waals surface area contributed by atoms with E-state index in [4.69, 9.17) is 0 Å². The number of allylic oxidation sites excluding steroid dienone is 2. The molecule has 1 aliphatic carbocycles. The summed E-state index contributed by atoms with van der Waals surface area (Å²) < 4.78 is 11.2. The molecule has 47 valence electrons. The fourth-order valence-corrected chi connectivity index (χ4v) is 0.893. The Bertz CT molecular complexity index is 169. The van der Waals surface area contributed by atoms with Crippen LogP contribution in [0.25, 0.3) is 0 Å². The van der Waals surface area contributed by atoms with E-state index in [0.29, 0.717) is 6.42 Å².